The molecule has 2 atom stereocenters. The first-order chi connectivity index (χ1) is 14.8. The van der Waals surface area contributed by atoms with E-state index in [1.54, 1.807) is 0 Å². The molecule has 1 heterocycles. The molecule has 13 heteroatoms. The van der Waals surface area contributed by atoms with Crippen LogP contribution in [0.1, 0.15) is 17.0 Å². The van der Waals surface area contributed by atoms with Crippen molar-refractivity contribution in [1.29, 1.82) is 0 Å². The molecule has 11 nitrogen and oxygen atoms in total. The Labute approximate surface area is 181 Å². The van der Waals surface area contributed by atoms with Gasteiger partial charge in [0, 0.05) is 23.6 Å². The van der Waals surface area contributed by atoms with Crippen molar-refractivity contribution < 1.29 is 50.8 Å². The highest BCUT2D eigenvalue weighted by molar-refractivity contribution is 7.86. The fourth-order valence-electron chi connectivity index (χ4n) is 3.73. The lowest BCUT2D eigenvalue weighted by molar-refractivity contribution is -0.114. The maximum Gasteiger partial charge on any atom is 0.294 e. The second-order valence-corrected chi connectivity index (χ2v) is 9.91. The summed E-state index contributed by atoms with van der Waals surface area (Å²) in [6.45, 7) is 0. The van der Waals surface area contributed by atoms with Crippen molar-refractivity contribution in [3.05, 3.63) is 65.1 Å². The molecule has 0 radical (unpaired) electrons. The number of ether oxygens (including phenoxy) is 1. The molecule has 0 saturated heterocycles. The van der Waals surface area contributed by atoms with Crippen molar-refractivity contribution >= 4 is 26.0 Å². The molecule has 5 N–H and O–H groups in total. The third-order valence-electron chi connectivity index (χ3n) is 5.12. The molecule has 0 saturated carbocycles. The fraction of sp³-hybridized carbons (Fsp3) is 0.105. The Kier molecular flexibility index (Phi) is 4.82. The summed E-state index contributed by atoms with van der Waals surface area (Å²) < 4.78 is 71.9. The lowest BCUT2D eigenvalue weighted by Gasteiger charge is -2.36. The standard InChI is InChI=1S/C19H14O11S2/c20-12-4-10-16(6-14(12)22)30-17-7-15(23)13(21)5-11(17)19(10)9-2-1-8(31(24,25)26)3-18(9)32(27,28)29/h1-7,10,19-21,23H,(H,24,25,26)(H,27,28,29). The molecule has 2 aliphatic rings. The first kappa shape index (κ1) is 21.8. The Balaban J connectivity index is 2.06. The van der Waals surface area contributed by atoms with Gasteiger partial charge in [0.2, 0.25) is 5.78 Å². The average Bonchev–Trinajstić information content (AvgIpc) is 2.67. The predicted octanol–water partition coefficient (Wildman–Crippen LogP) is 1.64. The first-order valence-corrected chi connectivity index (χ1v) is 11.6. The van der Waals surface area contributed by atoms with E-state index in [-0.39, 0.29) is 22.6 Å². The molecule has 0 spiro atoms. The van der Waals surface area contributed by atoms with E-state index in [1.165, 1.54) is 0 Å². The van der Waals surface area contributed by atoms with Crippen molar-refractivity contribution in [2.45, 2.75) is 15.7 Å². The zero-order valence-electron chi connectivity index (χ0n) is 15.7. The third kappa shape index (κ3) is 3.60. The van der Waals surface area contributed by atoms with Crippen LogP contribution in [0, 0.1) is 5.92 Å². The van der Waals surface area contributed by atoms with Crippen LogP contribution in [0.5, 0.6) is 17.2 Å². The number of ketones is 1. The Hall–Kier alpha value is -3.39. The fourth-order valence-corrected chi connectivity index (χ4v) is 5.08. The minimum Gasteiger partial charge on any atom is -0.504 e. The van der Waals surface area contributed by atoms with Gasteiger partial charge in [0.1, 0.15) is 11.5 Å². The smallest absolute Gasteiger partial charge is 0.294 e. The molecule has 1 aliphatic carbocycles. The molecule has 0 amide bonds. The number of rotatable bonds is 3. The Morgan fingerprint density at radius 3 is 2.12 bits per heavy atom. The zero-order chi connectivity index (χ0) is 23.6. The summed E-state index contributed by atoms with van der Waals surface area (Å²) in [5.41, 5.74) is -0.0887. The summed E-state index contributed by atoms with van der Waals surface area (Å²) in [6, 6.07) is 4.57. The number of phenols is 2. The van der Waals surface area contributed by atoms with Gasteiger partial charge in [-0.1, -0.05) is 6.07 Å². The van der Waals surface area contributed by atoms with Crippen LogP contribution < -0.4 is 4.74 Å². The number of aliphatic hydroxyl groups excluding tert-OH is 1. The van der Waals surface area contributed by atoms with Crippen LogP contribution >= 0.6 is 0 Å². The summed E-state index contributed by atoms with van der Waals surface area (Å²) in [5, 5.41) is 29.8. The quantitative estimate of drug-likeness (QED) is 0.315. The van der Waals surface area contributed by atoms with Crippen LogP contribution in [0.2, 0.25) is 0 Å². The van der Waals surface area contributed by atoms with Gasteiger partial charge in [-0.3, -0.25) is 13.9 Å². The van der Waals surface area contributed by atoms with Crippen LogP contribution in [0.4, 0.5) is 0 Å². The normalized spacial score (nSPS) is 20.5. The van der Waals surface area contributed by atoms with Gasteiger partial charge in [-0.15, -0.1) is 0 Å². The minimum absolute atomic E-state index is 0.0319. The number of hydrogen-bond donors (Lipinski definition) is 5. The molecule has 0 fully saturated rings. The second kappa shape index (κ2) is 7.06. The Morgan fingerprint density at radius 2 is 1.50 bits per heavy atom. The lowest BCUT2D eigenvalue weighted by atomic mass is 9.75. The molecule has 1 aliphatic heterocycles. The van der Waals surface area contributed by atoms with E-state index in [4.69, 9.17) is 4.74 Å². The number of aromatic hydroxyl groups is 2. The molecule has 4 rings (SSSR count). The minimum atomic E-state index is -5.05. The van der Waals surface area contributed by atoms with Crippen LogP contribution in [-0.2, 0) is 25.0 Å². The number of hydrogen-bond acceptors (Lipinski definition) is 9. The summed E-state index contributed by atoms with van der Waals surface area (Å²) in [7, 11) is -9.87. The maximum absolute atomic E-state index is 12.1. The van der Waals surface area contributed by atoms with Gasteiger partial charge in [-0.2, -0.15) is 16.8 Å². The predicted molar refractivity (Wildman–Crippen MR) is 106 cm³/mol. The number of carbonyl (C=O) groups is 1. The van der Waals surface area contributed by atoms with Gasteiger partial charge in [-0.25, -0.2) is 0 Å². The van der Waals surface area contributed by atoms with Crippen molar-refractivity contribution in [2.24, 2.45) is 5.92 Å². The van der Waals surface area contributed by atoms with Crippen molar-refractivity contribution in [3.63, 3.8) is 0 Å². The summed E-state index contributed by atoms with van der Waals surface area (Å²) in [4.78, 5) is 10.2. The van der Waals surface area contributed by atoms with Crippen molar-refractivity contribution in [3.8, 4) is 17.2 Å². The van der Waals surface area contributed by atoms with E-state index in [1.807, 2.05) is 0 Å². The van der Waals surface area contributed by atoms with E-state index < -0.39 is 64.9 Å². The van der Waals surface area contributed by atoms with Gasteiger partial charge < -0.3 is 20.1 Å². The number of phenolic OH excluding ortho intramolecular Hbond substituents is 2. The zero-order valence-corrected chi connectivity index (χ0v) is 17.3. The molecule has 168 valence electrons. The van der Waals surface area contributed by atoms with Gasteiger partial charge in [0.25, 0.3) is 20.2 Å². The van der Waals surface area contributed by atoms with E-state index in [0.717, 1.165) is 36.4 Å². The van der Waals surface area contributed by atoms with Crippen LogP contribution in [0.15, 0.2) is 63.8 Å². The van der Waals surface area contributed by atoms with E-state index in [9.17, 15) is 46.1 Å². The largest absolute Gasteiger partial charge is 0.504 e. The van der Waals surface area contributed by atoms with Crippen molar-refractivity contribution in [2.75, 3.05) is 0 Å². The second-order valence-electron chi connectivity index (χ2n) is 7.10. The third-order valence-corrected chi connectivity index (χ3v) is 6.88. The molecule has 2 unspecified atom stereocenters. The van der Waals surface area contributed by atoms with E-state index in [0.29, 0.717) is 6.07 Å². The van der Waals surface area contributed by atoms with Crippen molar-refractivity contribution in [1.82, 2.24) is 0 Å². The van der Waals surface area contributed by atoms with Gasteiger partial charge in [0.15, 0.2) is 17.3 Å². The van der Waals surface area contributed by atoms with E-state index >= 15 is 0 Å². The molecular weight excluding hydrogens is 468 g/mol. The number of fused-ring (bicyclic) bond motifs is 2. The number of benzene rings is 2. The highest BCUT2D eigenvalue weighted by Crippen LogP contribution is 2.51. The topological polar surface area (TPSA) is 196 Å². The summed E-state index contributed by atoms with van der Waals surface area (Å²) in [6.07, 6.45) is 2.04. The number of aliphatic hydroxyl groups is 1. The average molecular weight is 482 g/mol. The molecule has 0 aromatic heterocycles. The Bertz CT molecular complexity index is 1450. The molecule has 0 bridgehead atoms. The van der Waals surface area contributed by atoms with Crippen LogP contribution in [0.25, 0.3) is 0 Å². The molecule has 32 heavy (non-hydrogen) atoms. The SMILES string of the molecule is O=C1C=C2Oc3cc(O)c(O)cc3C(c3ccc(S(=O)(=O)O)cc3S(=O)(=O)O)C2C=C1O. The number of allylic oxidation sites excluding steroid dienone is 2. The first-order valence-electron chi connectivity index (χ1n) is 8.76. The number of carbonyl (C=O) groups excluding carboxylic acids is 1. The molecule has 2 aromatic rings. The summed E-state index contributed by atoms with van der Waals surface area (Å²) >= 11 is 0. The highest BCUT2D eigenvalue weighted by atomic mass is 32.2. The van der Waals surface area contributed by atoms with Crippen LogP contribution in [0.3, 0.4) is 0 Å². The highest BCUT2D eigenvalue weighted by Gasteiger charge is 2.41. The maximum atomic E-state index is 12.1. The molecular formula is C19H14O11S2. The monoisotopic (exact) mass is 482 g/mol. The Morgan fingerprint density at radius 1 is 0.844 bits per heavy atom. The van der Waals surface area contributed by atoms with Crippen LogP contribution in [-0.4, -0.2) is 47.0 Å². The summed E-state index contributed by atoms with van der Waals surface area (Å²) in [5.74, 6) is -4.86. The lowest BCUT2D eigenvalue weighted by Crippen LogP contribution is -2.29. The van der Waals surface area contributed by atoms with Gasteiger partial charge in [-0.05, 0) is 29.8 Å². The van der Waals surface area contributed by atoms with Gasteiger partial charge >= 0.3 is 0 Å². The van der Waals surface area contributed by atoms with Gasteiger partial charge in [0.05, 0.1) is 15.7 Å². The molecule has 2 aromatic carbocycles. The van der Waals surface area contributed by atoms with E-state index in [2.05, 4.69) is 0 Å².